The van der Waals surface area contributed by atoms with Gasteiger partial charge in [-0.05, 0) is 38.2 Å². The molecule has 1 N–H and O–H groups in total. The normalized spacial score (nSPS) is 11.0. The van der Waals surface area contributed by atoms with E-state index in [1.807, 2.05) is 44.4 Å². The van der Waals surface area contributed by atoms with Gasteiger partial charge in [-0.3, -0.25) is 4.79 Å². The first-order chi connectivity index (χ1) is 13.0. The van der Waals surface area contributed by atoms with Crippen LogP contribution in [0.5, 0.6) is 5.75 Å². The fraction of sp³-hybridized carbons (Fsp3) is 0.368. The minimum atomic E-state index is -0.0109. The number of thioether (sulfide) groups is 1. The third kappa shape index (κ3) is 4.21. The molecule has 0 spiro atoms. The zero-order chi connectivity index (χ0) is 19.4. The van der Waals surface area contributed by atoms with E-state index < -0.39 is 0 Å². The average molecular weight is 385 g/mol. The lowest BCUT2D eigenvalue weighted by Gasteiger charge is -2.11. The Morgan fingerprint density at radius 1 is 1.26 bits per heavy atom. The van der Waals surface area contributed by atoms with Gasteiger partial charge >= 0.3 is 0 Å². The van der Waals surface area contributed by atoms with Gasteiger partial charge in [0.15, 0.2) is 0 Å². The van der Waals surface area contributed by atoms with E-state index in [0.29, 0.717) is 30.3 Å². The molecule has 0 saturated heterocycles. The van der Waals surface area contributed by atoms with E-state index in [1.165, 1.54) is 11.8 Å². The molecular formula is C19H23N5O2S. The summed E-state index contributed by atoms with van der Waals surface area (Å²) >= 11 is 1.48. The van der Waals surface area contributed by atoms with Gasteiger partial charge < -0.3 is 10.1 Å². The summed E-state index contributed by atoms with van der Waals surface area (Å²) in [4.78, 5) is 21.2. The van der Waals surface area contributed by atoms with E-state index in [9.17, 15) is 4.79 Å². The van der Waals surface area contributed by atoms with Crippen molar-refractivity contribution in [2.75, 3.05) is 13.4 Å². The molecule has 3 aromatic rings. The molecule has 0 aliphatic heterocycles. The van der Waals surface area contributed by atoms with Crippen molar-refractivity contribution in [3.8, 4) is 5.75 Å². The van der Waals surface area contributed by atoms with Crippen LogP contribution in [0.3, 0.4) is 0 Å². The second-order valence-electron chi connectivity index (χ2n) is 6.16. The summed E-state index contributed by atoms with van der Waals surface area (Å²) < 4.78 is 7.06. The third-order valence-electron chi connectivity index (χ3n) is 4.48. The number of nitrogens with zero attached hydrogens (tertiary/aromatic N) is 4. The van der Waals surface area contributed by atoms with Gasteiger partial charge in [-0.15, -0.1) is 5.10 Å². The van der Waals surface area contributed by atoms with Crippen molar-refractivity contribution in [1.29, 1.82) is 0 Å². The van der Waals surface area contributed by atoms with E-state index in [-0.39, 0.29) is 5.91 Å². The highest BCUT2D eigenvalue weighted by Crippen LogP contribution is 2.19. The molecule has 0 unspecified atom stereocenters. The SMILES string of the molecule is COc1ccccc1CNC(=O)CCc1c(C)nc2nc(SC)nn2c1C. The number of aromatic nitrogens is 4. The Labute approximate surface area is 162 Å². The van der Waals surface area contributed by atoms with Crippen molar-refractivity contribution in [2.45, 2.75) is 38.4 Å². The van der Waals surface area contributed by atoms with E-state index in [2.05, 4.69) is 20.4 Å². The highest BCUT2D eigenvalue weighted by molar-refractivity contribution is 7.98. The fourth-order valence-electron chi connectivity index (χ4n) is 3.01. The number of benzene rings is 1. The lowest BCUT2D eigenvalue weighted by Crippen LogP contribution is -2.23. The van der Waals surface area contributed by atoms with Gasteiger partial charge in [0.2, 0.25) is 11.1 Å². The van der Waals surface area contributed by atoms with Gasteiger partial charge in [0.1, 0.15) is 5.75 Å². The average Bonchev–Trinajstić information content (AvgIpc) is 3.09. The van der Waals surface area contributed by atoms with Crippen molar-refractivity contribution >= 4 is 23.4 Å². The van der Waals surface area contributed by atoms with Gasteiger partial charge in [0.05, 0.1) is 7.11 Å². The summed E-state index contributed by atoms with van der Waals surface area (Å²) in [7, 11) is 1.63. The second kappa shape index (κ2) is 8.39. The van der Waals surface area contributed by atoms with Crippen molar-refractivity contribution < 1.29 is 9.53 Å². The molecule has 142 valence electrons. The minimum absolute atomic E-state index is 0.0109. The molecule has 3 rings (SSSR count). The first-order valence-corrected chi connectivity index (χ1v) is 9.91. The van der Waals surface area contributed by atoms with Crippen LogP contribution >= 0.6 is 11.8 Å². The summed E-state index contributed by atoms with van der Waals surface area (Å²) in [6, 6.07) is 7.67. The number of amides is 1. The topological polar surface area (TPSA) is 81.4 Å². The quantitative estimate of drug-likeness (QED) is 0.630. The molecule has 8 heteroatoms. The number of rotatable bonds is 7. The van der Waals surface area contributed by atoms with E-state index in [1.54, 1.807) is 11.6 Å². The Hall–Kier alpha value is -2.61. The largest absolute Gasteiger partial charge is 0.496 e. The maximum Gasteiger partial charge on any atom is 0.253 e. The number of carbonyl (C=O) groups excluding carboxylic acids is 1. The van der Waals surface area contributed by atoms with Crippen molar-refractivity contribution in [2.24, 2.45) is 0 Å². The van der Waals surface area contributed by atoms with Crippen LogP contribution in [0.1, 0.15) is 28.9 Å². The summed E-state index contributed by atoms with van der Waals surface area (Å²) in [6.45, 7) is 4.38. The van der Waals surface area contributed by atoms with Gasteiger partial charge in [0.25, 0.3) is 5.78 Å². The molecule has 0 saturated carbocycles. The van der Waals surface area contributed by atoms with Crippen LogP contribution in [-0.4, -0.2) is 38.9 Å². The van der Waals surface area contributed by atoms with Gasteiger partial charge in [-0.2, -0.15) is 4.98 Å². The van der Waals surface area contributed by atoms with E-state index in [0.717, 1.165) is 28.3 Å². The number of hydrogen-bond donors (Lipinski definition) is 1. The molecule has 1 amide bonds. The second-order valence-corrected chi connectivity index (χ2v) is 6.93. The molecule has 0 fully saturated rings. The Bertz CT molecular complexity index is 970. The van der Waals surface area contributed by atoms with Gasteiger partial charge in [-0.25, -0.2) is 9.50 Å². The smallest absolute Gasteiger partial charge is 0.253 e. The Kier molecular flexibility index (Phi) is 5.95. The molecule has 1 aromatic carbocycles. The lowest BCUT2D eigenvalue weighted by atomic mass is 10.1. The monoisotopic (exact) mass is 385 g/mol. The number of ether oxygens (including phenoxy) is 1. The number of hydrogen-bond acceptors (Lipinski definition) is 6. The molecule has 2 heterocycles. The highest BCUT2D eigenvalue weighted by atomic mass is 32.2. The lowest BCUT2D eigenvalue weighted by molar-refractivity contribution is -0.121. The summed E-state index contributed by atoms with van der Waals surface area (Å²) in [5, 5.41) is 8.09. The van der Waals surface area contributed by atoms with E-state index in [4.69, 9.17) is 4.74 Å². The maximum absolute atomic E-state index is 12.3. The highest BCUT2D eigenvalue weighted by Gasteiger charge is 2.14. The molecule has 7 nitrogen and oxygen atoms in total. The Morgan fingerprint density at radius 3 is 2.78 bits per heavy atom. The predicted octanol–water partition coefficient (Wildman–Crippen LogP) is 2.72. The summed E-state index contributed by atoms with van der Waals surface area (Å²) in [5.41, 5.74) is 3.85. The van der Waals surface area contributed by atoms with Crippen molar-refractivity contribution in [3.63, 3.8) is 0 Å². The number of methoxy groups -OCH3 is 1. The van der Waals surface area contributed by atoms with Crippen molar-refractivity contribution in [1.82, 2.24) is 24.9 Å². The fourth-order valence-corrected chi connectivity index (χ4v) is 3.34. The van der Waals surface area contributed by atoms with Crippen LogP contribution < -0.4 is 10.1 Å². The number of fused-ring (bicyclic) bond motifs is 1. The third-order valence-corrected chi connectivity index (χ3v) is 5.02. The zero-order valence-corrected chi connectivity index (χ0v) is 16.8. The first kappa shape index (κ1) is 19.2. The van der Waals surface area contributed by atoms with Gasteiger partial charge in [0, 0.05) is 29.9 Å². The molecular weight excluding hydrogens is 362 g/mol. The number of carbonyl (C=O) groups is 1. The maximum atomic E-state index is 12.3. The number of para-hydroxylation sites is 1. The van der Waals surface area contributed by atoms with Crippen molar-refractivity contribution in [3.05, 3.63) is 46.8 Å². The van der Waals surface area contributed by atoms with Crippen LogP contribution in [-0.2, 0) is 17.8 Å². The molecule has 0 aliphatic rings. The zero-order valence-electron chi connectivity index (χ0n) is 15.9. The minimum Gasteiger partial charge on any atom is -0.496 e. The number of nitrogens with one attached hydrogen (secondary N) is 1. The van der Waals surface area contributed by atoms with Gasteiger partial charge in [-0.1, -0.05) is 30.0 Å². The predicted molar refractivity (Wildman–Crippen MR) is 105 cm³/mol. The standard InChI is InChI=1S/C19H23N5O2S/c1-12-15(13(2)24-18(21-12)22-19(23-24)27-4)9-10-17(25)20-11-14-7-5-6-8-16(14)26-3/h5-8H,9-11H2,1-4H3,(H,20,25). The Balaban J connectivity index is 1.66. The molecule has 0 atom stereocenters. The van der Waals surface area contributed by atoms with E-state index >= 15 is 0 Å². The summed E-state index contributed by atoms with van der Waals surface area (Å²) in [6.07, 6.45) is 2.92. The first-order valence-electron chi connectivity index (χ1n) is 8.69. The van der Waals surface area contributed by atoms with Crippen LogP contribution in [0.4, 0.5) is 0 Å². The van der Waals surface area contributed by atoms with Crippen LogP contribution in [0.25, 0.3) is 5.78 Å². The van der Waals surface area contributed by atoms with Crippen LogP contribution in [0.2, 0.25) is 0 Å². The number of aryl methyl sites for hydroxylation is 2. The molecule has 27 heavy (non-hydrogen) atoms. The molecule has 2 aromatic heterocycles. The molecule has 0 bridgehead atoms. The summed E-state index contributed by atoms with van der Waals surface area (Å²) in [5.74, 6) is 1.36. The van der Waals surface area contributed by atoms with Crippen LogP contribution in [0, 0.1) is 13.8 Å². The van der Waals surface area contributed by atoms with Crippen LogP contribution in [0.15, 0.2) is 29.4 Å². The molecule has 0 aliphatic carbocycles. The molecule has 0 radical (unpaired) electrons. The Morgan fingerprint density at radius 2 is 2.04 bits per heavy atom.